The number of carbonyl (C=O) groups excluding carboxylic acids is 1. The Balaban J connectivity index is 1.84. The van der Waals surface area contributed by atoms with Crippen LogP contribution in [0.15, 0.2) is 24.5 Å². The Bertz CT molecular complexity index is 1100. The summed E-state index contributed by atoms with van der Waals surface area (Å²) in [7, 11) is 0. The second-order valence-corrected chi connectivity index (χ2v) is 7.79. The third kappa shape index (κ3) is 4.24. The highest BCUT2D eigenvalue weighted by molar-refractivity contribution is 5.92. The van der Waals surface area contributed by atoms with Crippen LogP contribution in [-0.4, -0.2) is 32.0 Å². The lowest BCUT2D eigenvalue weighted by Crippen LogP contribution is -2.17. The number of hydrogen-bond donors (Lipinski definition) is 2. The molecule has 0 saturated heterocycles. The molecule has 3 aromatic heterocycles. The standard InChI is InChI=1S/C21H24F2N6O/c1-4-14-11-29(16-7-17(26-12(2)30)25-10-15(14)16)19-8-18(24-9-13-5-6-13)27-20(28-19)21(3,22)23/h7-8,10-11,13H,4-6,9H2,1-3H3,(H,24,27,28)(H,25,26,30). The lowest BCUT2D eigenvalue weighted by atomic mass is 10.2. The van der Waals surface area contributed by atoms with E-state index < -0.39 is 11.7 Å². The summed E-state index contributed by atoms with van der Waals surface area (Å²) in [5.41, 5.74) is 1.73. The van der Waals surface area contributed by atoms with Gasteiger partial charge < -0.3 is 15.2 Å². The highest BCUT2D eigenvalue weighted by Crippen LogP contribution is 2.31. The first-order chi connectivity index (χ1) is 14.2. The molecule has 1 aliphatic carbocycles. The smallest absolute Gasteiger partial charge is 0.303 e. The fraction of sp³-hybridized carbons (Fsp3) is 0.429. The van der Waals surface area contributed by atoms with Gasteiger partial charge in [-0.15, -0.1) is 0 Å². The van der Waals surface area contributed by atoms with Crippen LogP contribution in [0.1, 0.15) is 45.0 Å². The van der Waals surface area contributed by atoms with E-state index in [4.69, 9.17) is 0 Å². The minimum atomic E-state index is -3.18. The lowest BCUT2D eigenvalue weighted by molar-refractivity contribution is -0.114. The third-order valence-electron chi connectivity index (χ3n) is 5.08. The Hall–Kier alpha value is -3.10. The number of rotatable bonds is 7. The number of anilines is 2. The third-order valence-corrected chi connectivity index (χ3v) is 5.08. The van der Waals surface area contributed by atoms with Gasteiger partial charge in [0.25, 0.3) is 0 Å². The highest BCUT2D eigenvalue weighted by Gasteiger charge is 2.30. The SMILES string of the molecule is CCc1cn(-c2cc(NCC3CC3)nc(C(C)(F)F)n2)c2cc(NC(C)=O)ncc12. The Morgan fingerprint density at radius 3 is 2.67 bits per heavy atom. The number of halogens is 2. The molecule has 0 bridgehead atoms. The minimum Gasteiger partial charge on any atom is -0.370 e. The van der Waals surface area contributed by atoms with Crippen molar-refractivity contribution < 1.29 is 13.6 Å². The van der Waals surface area contributed by atoms with Crippen molar-refractivity contribution in [1.29, 1.82) is 0 Å². The lowest BCUT2D eigenvalue weighted by Gasteiger charge is -2.14. The van der Waals surface area contributed by atoms with Crippen molar-refractivity contribution in [3.05, 3.63) is 35.9 Å². The zero-order valence-corrected chi connectivity index (χ0v) is 17.2. The fourth-order valence-corrected chi connectivity index (χ4v) is 3.32. The molecule has 0 aromatic carbocycles. The number of nitrogens with one attached hydrogen (secondary N) is 2. The molecular formula is C21H24F2N6O. The molecule has 2 N–H and O–H groups in total. The zero-order chi connectivity index (χ0) is 21.5. The maximum Gasteiger partial charge on any atom is 0.303 e. The van der Waals surface area contributed by atoms with E-state index in [1.807, 2.05) is 13.1 Å². The van der Waals surface area contributed by atoms with Crippen LogP contribution in [0.3, 0.4) is 0 Å². The summed E-state index contributed by atoms with van der Waals surface area (Å²) in [6.07, 6.45) is 6.57. The summed E-state index contributed by atoms with van der Waals surface area (Å²) in [5.74, 6) is -2.28. The van der Waals surface area contributed by atoms with Gasteiger partial charge in [0.2, 0.25) is 11.7 Å². The van der Waals surface area contributed by atoms with Gasteiger partial charge in [0.05, 0.1) is 5.52 Å². The van der Waals surface area contributed by atoms with Crippen molar-refractivity contribution in [2.45, 2.75) is 46.0 Å². The predicted octanol–water partition coefficient (Wildman–Crippen LogP) is 4.27. The molecule has 7 nitrogen and oxygen atoms in total. The van der Waals surface area contributed by atoms with Crippen LogP contribution >= 0.6 is 0 Å². The number of pyridine rings is 1. The Kier molecular flexibility index (Phi) is 5.13. The van der Waals surface area contributed by atoms with Crippen LogP contribution in [0.25, 0.3) is 16.7 Å². The minimum absolute atomic E-state index is 0.239. The van der Waals surface area contributed by atoms with E-state index in [9.17, 15) is 13.6 Å². The number of alkyl halides is 2. The van der Waals surface area contributed by atoms with E-state index in [0.717, 1.165) is 42.7 Å². The van der Waals surface area contributed by atoms with Gasteiger partial charge in [0, 0.05) is 50.3 Å². The van der Waals surface area contributed by atoms with Gasteiger partial charge in [0.1, 0.15) is 17.5 Å². The van der Waals surface area contributed by atoms with Gasteiger partial charge in [0.15, 0.2) is 0 Å². The molecule has 3 heterocycles. The summed E-state index contributed by atoms with van der Waals surface area (Å²) in [5, 5.41) is 6.71. The Morgan fingerprint density at radius 1 is 1.27 bits per heavy atom. The summed E-state index contributed by atoms with van der Waals surface area (Å²) in [6.45, 7) is 4.91. The molecule has 4 rings (SSSR count). The fourth-order valence-electron chi connectivity index (χ4n) is 3.32. The number of fused-ring (bicyclic) bond motifs is 1. The first kappa shape index (κ1) is 20.2. The van der Waals surface area contributed by atoms with Gasteiger partial charge in [-0.1, -0.05) is 6.92 Å². The molecule has 0 atom stereocenters. The number of carbonyl (C=O) groups is 1. The first-order valence-electron chi connectivity index (χ1n) is 10.0. The highest BCUT2D eigenvalue weighted by atomic mass is 19.3. The van der Waals surface area contributed by atoms with Crippen molar-refractivity contribution in [2.75, 3.05) is 17.2 Å². The number of aryl methyl sites for hydroxylation is 1. The van der Waals surface area contributed by atoms with Crippen LogP contribution in [0.2, 0.25) is 0 Å². The molecule has 3 aromatic rings. The Morgan fingerprint density at radius 2 is 2.03 bits per heavy atom. The van der Waals surface area contributed by atoms with E-state index in [-0.39, 0.29) is 5.91 Å². The van der Waals surface area contributed by atoms with Gasteiger partial charge in [-0.05, 0) is 30.7 Å². The topological polar surface area (TPSA) is 84.7 Å². The summed E-state index contributed by atoms with van der Waals surface area (Å²) in [6, 6.07) is 3.40. The van der Waals surface area contributed by atoms with E-state index in [1.165, 1.54) is 6.92 Å². The average Bonchev–Trinajstić information content (AvgIpc) is 3.44. The monoisotopic (exact) mass is 414 g/mol. The molecule has 1 saturated carbocycles. The van der Waals surface area contributed by atoms with Crippen LogP contribution in [0, 0.1) is 5.92 Å². The van der Waals surface area contributed by atoms with Crippen LogP contribution < -0.4 is 10.6 Å². The number of amides is 1. The predicted molar refractivity (Wildman–Crippen MR) is 111 cm³/mol. The van der Waals surface area contributed by atoms with E-state index in [0.29, 0.717) is 29.9 Å². The van der Waals surface area contributed by atoms with Crippen molar-refractivity contribution in [3.63, 3.8) is 0 Å². The maximum atomic E-state index is 14.1. The van der Waals surface area contributed by atoms with E-state index >= 15 is 0 Å². The van der Waals surface area contributed by atoms with Crippen LogP contribution in [0.5, 0.6) is 0 Å². The zero-order valence-electron chi connectivity index (χ0n) is 17.2. The van der Waals surface area contributed by atoms with Gasteiger partial charge in [-0.25, -0.2) is 15.0 Å². The van der Waals surface area contributed by atoms with Crippen molar-refractivity contribution in [1.82, 2.24) is 19.5 Å². The van der Waals surface area contributed by atoms with Crippen molar-refractivity contribution >= 4 is 28.4 Å². The molecule has 30 heavy (non-hydrogen) atoms. The van der Waals surface area contributed by atoms with E-state index in [1.54, 1.807) is 22.9 Å². The van der Waals surface area contributed by atoms with Crippen LogP contribution in [0.4, 0.5) is 20.4 Å². The van der Waals surface area contributed by atoms with Crippen molar-refractivity contribution in [2.24, 2.45) is 5.92 Å². The molecule has 1 fully saturated rings. The molecule has 0 unspecified atom stereocenters. The van der Waals surface area contributed by atoms with E-state index in [2.05, 4.69) is 25.6 Å². The van der Waals surface area contributed by atoms with Crippen molar-refractivity contribution in [3.8, 4) is 5.82 Å². The average molecular weight is 414 g/mol. The maximum absolute atomic E-state index is 14.1. The van der Waals surface area contributed by atoms with Gasteiger partial charge >= 0.3 is 5.92 Å². The van der Waals surface area contributed by atoms with Crippen LogP contribution in [-0.2, 0) is 17.1 Å². The molecule has 0 spiro atoms. The molecule has 9 heteroatoms. The molecule has 0 aliphatic heterocycles. The second-order valence-electron chi connectivity index (χ2n) is 7.79. The number of nitrogens with zero attached hydrogens (tertiary/aromatic N) is 4. The quantitative estimate of drug-likeness (QED) is 0.603. The first-order valence-corrected chi connectivity index (χ1v) is 10.0. The molecule has 1 amide bonds. The summed E-state index contributed by atoms with van der Waals surface area (Å²) >= 11 is 0. The molecule has 1 aliphatic rings. The summed E-state index contributed by atoms with van der Waals surface area (Å²) < 4.78 is 30.0. The van der Waals surface area contributed by atoms with Gasteiger partial charge in [-0.3, -0.25) is 4.79 Å². The van der Waals surface area contributed by atoms with Gasteiger partial charge in [-0.2, -0.15) is 8.78 Å². The molecule has 158 valence electrons. The largest absolute Gasteiger partial charge is 0.370 e. The second kappa shape index (κ2) is 7.62. The molecule has 0 radical (unpaired) electrons. The molecular weight excluding hydrogens is 390 g/mol. The number of aromatic nitrogens is 4. The Labute approximate surface area is 172 Å². The normalized spacial score (nSPS) is 14.2. The number of hydrogen-bond acceptors (Lipinski definition) is 5. The summed E-state index contributed by atoms with van der Waals surface area (Å²) in [4.78, 5) is 23.9.